The zero-order valence-electron chi connectivity index (χ0n) is 11.2. The van der Waals surface area contributed by atoms with Crippen LogP contribution in [0.3, 0.4) is 0 Å². The fraction of sp³-hybridized carbons (Fsp3) is 0.500. The van der Waals surface area contributed by atoms with Gasteiger partial charge in [-0.25, -0.2) is 0 Å². The Labute approximate surface area is 115 Å². The number of benzene rings is 1. The number of hydrogen-bond donors (Lipinski definition) is 1. The highest BCUT2D eigenvalue weighted by molar-refractivity contribution is 5.84. The zero-order valence-corrected chi connectivity index (χ0v) is 11.2. The van der Waals surface area contributed by atoms with Crippen molar-refractivity contribution in [3.8, 4) is 0 Å². The molecule has 1 aliphatic heterocycles. The van der Waals surface area contributed by atoms with Crippen molar-refractivity contribution in [3.05, 3.63) is 29.8 Å². The third-order valence-corrected chi connectivity index (χ3v) is 3.36. The summed E-state index contributed by atoms with van der Waals surface area (Å²) in [5.41, 5.74) is -0.414. The van der Waals surface area contributed by atoms with E-state index in [1.807, 2.05) is 0 Å². The average Bonchev–Trinajstić information content (AvgIpc) is 2.91. The van der Waals surface area contributed by atoms with Gasteiger partial charge in [-0.05, 0) is 38.0 Å². The molecular formula is C14H17F3N2O. The van der Waals surface area contributed by atoms with Gasteiger partial charge in [-0.15, -0.1) is 0 Å². The van der Waals surface area contributed by atoms with E-state index in [2.05, 4.69) is 5.32 Å². The number of alkyl halides is 3. The molecule has 1 aliphatic rings. The minimum atomic E-state index is -4.38. The second-order valence-electron chi connectivity index (χ2n) is 4.98. The minimum absolute atomic E-state index is 0.0695. The molecule has 110 valence electrons. The highest BCUT2D eigenvalue weighted by Crippen LogP contribution is 2.30. The van der Waals surface area contributed by atoms with Gasteiger partial charge < -0.3 is 10.2 Å². The molecule has 0 spiro atoms. The van der Waals surface area contributed by atoms with Crippen molar-refractivity contribution in [1.29, 1.82) is 0 Å². The summed E-state index contributed by atoms with van der Waals surface area (Å²) in [4.78, 5) is 13.8. The van der Waals surface area contributed by atoms with Crippen molar-refractivity contribution in [2.24, 2.45) is 0 Å². The largest absolute Gasteiger partial charge is 0.416 e. The molecule has 1 N–H and O–H groups in total. The topological polar surface area (TPSA) is 32.3 Å². The molecule has 1 aromatic carbocycles. The van der Waals surface area contributed by atoms with Gasteiger partial charge in [0.1, 0.15) is 6.04 Å². The van der Waals surface area contributed by atoms with Gasteiger partial charge in [0.2, 0.25) is 5.91 Å². The predicted octanol–water partition coefficient (Wildman–Crippen LogP) is 3.13. The fourth-order valence-electron chi connectivity index (χ4n) is 2.31. The number of rotatable bonds is 3. The van der Waals surface area contributed by atoms with Crippen molar-refractivity contribution >= 4 is 11.6 Å². The number of anilines is 1. The molecule has 3 nitrogen and oxygen atoms in total. The summed E-state index contributed by atoms with van der Waals surface area (Å²) < 4.78 is 37.8. The van der Waals surface area contributed by atoms with Crippen LogP contribution in [0.2, 0.25) is 0 Å². The summed E-state index contributed by atoms with van der Waals surface area (Å²) in [6, 6.07) is 4.36. The van der Waals surface area contributed by atoms with Crippen molar-refractivity contribution in [1.82, 2.24) is 4.90 Å². The second kappa shape index (κ2) is 5.73. The van der Waals surface area contributed by atoms with Crippen LogP contribution in [0.5, 0.6) is 0 Å². The van der Waals surface area contributed by atoms with Crippen LogP contribution in [0.25, 0.3) is 0 Å². The van der Waals surface area contributed by atoms with Crippen molar-refractivity contribution in [2.45, 2.75) is 32.0 Å². The van der Waals surface area contributed by atoms with E-state index in [0.29, 0.717) is 5.69 Å². The standard InChI is InChI=1S/C14H17F3N2O/c1-10(13(20)19-7-2-3-8-19)18-12-6-4-5-11(9-12)14(15,16)17/h4-6,9-10,18H,2-3,7-8H2,1H3. The molecule has 0 saturated carbocycles. The molecule has 20 heavy (non-hydrogen) atoms. The highest BCUT2D eigenvalue weighted by atomic mass is 19.4. The molecule has 1 fully saturated rings. The Kier molecular flexibility index (Phi) is 4.20. The Morgan fingerprint density at radius 3 is 2.55 bits per heavy atom. The van der Waals surface area contributed by atoms with Gasteiger partial charge in [-0.2, -0.15) is 13.2 Å². The Bertz CT molecular complexity index is 482. The van der Waals surface area contributed by atoms with Crippen LogP contribution in [0.4, 0.5) is 18.9 Å². The number of halogens is 3. The SMILES string of the molecule is CC(Nc1cccc(C(F)(F)F)c1)C(=O)N1CCCC1. The van der Waals surface area contributed by atoms with Gasteiger partial charge in [0, 0.05) is 18.8 Å². The first-order valence-corrected chi connectivity index (χ1v) is 6.60. The summed E-state index contributed by atoms with van der Waals surface area (Å²) in [6.07, 6.45) is -2.40. The van der Waals surface area contributed by atoms with E-state index in [4.69, 9.17) is 0 Å². The molecule has 1 atom stereocenters. The van der Waals surface area contributed by atoms with Crippen LogP contribution in [-0.4, -0.2) is 29.9 Å². The van der Waals surface area contributed by atoms with Gasteiger partial charge in [0.15, 0.2) is 0 Å². The third-order valence-electron chi connectivity index (χ3n) is 3.36. The molecule has 6 heteroatoms. The number of carbonyl (C=O) groups is 1. The maximum Gasteiger partial charge on any atom is 0.416 e. The molecule has 0 aliphatic carbocycles. The van der Waals surface area contributed by atoms with E-state index >= 15 is 0 Å². The quantitative estimate of drug-likeness (QED) is 0.926. The van der Waals surface area contributed by atoms with E-state index in [9.17, 15) is 18.0 Å². The normalized spacial score (nSPS) is 17.1. The summed E-state index contributed by atoms with van der Waals surface area (Å²) in [5.74, 6) is -0.0695. The fourth-order valence-corrected chi connectivity index (χ4v) is 2.31. The maximum atomic E-state index is 12.6. The van der Waals surface area contributed by atoms with Gasteiger partial charge in [0.25, 0.3) is 0 Å². The van der Waals surface area contributed by atoms with Gasteiger partial charge in [0.05, 0.1) is 5.56 Å². The molecule has 1 unspecified atom stereocenters. The number of nitrogens with zero attached hydrogens (tertiary/aromatic N) is 1. The number of hydrogen-bond acceptors (Lipinski definition) is 2. The van der Waals surface area contributed by atoms with E-state index in [1.165, 1.54) is 12.1 Å². The first-order chi connectivity index (χ1) is 9.38. The monoisotopic (exact) mass is 286 g/mol. The summed E-state index contributed by atoms with van der Waals surface area (Å²) in [7, 11) is 0. The number of likely N-dealkylation sites (tertiary alicyclic amines) is 1. The first kappa shape index (κ1) is 14.7. The van der Waals surface area contributed by atoms with Crippen LogP contribution >= 0.6 is 0 Å². The second-order valence-corrected chi connectivity index (χ2v) is 4.98. The summed E-state index contributed by atoms with van der Waals surface area (Å²) in [5, 5.41) is 2.84. The van der Waals surface area contributed by atoms with E-state index in [-0.39, 0.29) is 5.91 Å². The maximum absolute atomic E-state index is 12.6. The Hall–Kier alpha value is -1.72. The van der Waals surface area contributed by atoms with Crippen LogP contribution in [0.1, 0.15) is 25.3 Å². The molecule has 0 aromatic heterocycles. The predicted molar refractivity (Wildman–Crippen MR) is 70.3 cm³/mol. The van der Waals surface area contributed by atoms with E-state index < -0.39 is 17.8 Å². The van der Waals surface area contributed by atoms with Gasteiger partial charge >= 0.3 is 6.18 Å². The third kappa shape index (κ3) is 3.43. The summed E-state index contributed by atoms with van der Waals surface area (Å²) >= 11 is 0. The molecular weight excluding hydrogens is 269 g/mol. The smallest absolute Gasteiger partial charge is 0.374 e. The van der Waals surface area contributed by atoms with E-state index in [0.717, 1.165) is 38.1 Å². The Balaban J connectivity index is 2.04. The first-order valence-electron chi connectivity index (χ1n) is 6.60. The lowest BCUT2D eigenvalue weighted by atomic mass is 10.1. The molecule has 1 saturated heterocycles. The van der Waals surface area contributed by atoms with Crippen LogP contribution in [0.15, 0.2) is 24.3 Å². The average molecular weight is 286 g/mol. The highest BCUT2D eigenvalue weighted by Gasteiger charge is 2.30. The number of amides is 1. The van der Waals surface area contributed by atoms with Gasteiger partial charge in [-0.1, -0.05) is 6.07 Å². The van der Waals surface area contributed by atoms with Crippen molar-refractivity contribution in [3.63, 3.8) is 0 Å². The van der Waals surface area contributed by atoms with Gasteiger partial charge in [-0.3, -0.25) is 4.79 Å². The zero-order chi connectivity index (χ0) is 14.8. The Morgan fingerprint density at radius 1 is 1.30 bits per heavy atom. The van der Waals surface area contributed by atoms with Crippen LogP contribution < -0.4 is 5.32 Å². The van der Waals surface area contributed by atoms with Crippen LogP contribution in [-0.2, 0) is 11.0 Å². The lowest BCUT2D eigenvalue weighted by Gasteiger charge is -2.22. The molecule has 0 radical (unpaired) electrons. The molecule has 1 aromatic rings. The summed E-state index contributed by atoms with van der Waals surface area (Å²) in [6.45, 7) is 3.13. The van der Waals surface area contributed by atoms with Crippen LogP contribution in [0, 0.1) is 0 Å². The number of carbonyl (C=O) groups excluding carboxylic acids is 1. The molecule has 1 heterocycles. The molecule has 1 amide bonds. The number of nitrogens with one attached hydrogen (secondary N) is 1. The molecule has 0 bridgehead atoms. The Morgan fingerprint density at radius 2 is 1.95 bits per heavy atom. The lowest BCUT2D eigenvalue weighted by Crippen LogP contribution is -2.39. The van der Waals surface area contributed by atoms with Crippen molar-refractivity contribution < 1.29 is 18.0 Å². The van der Waals surface area contributed by atoms with Crippen molar-refractivity contribution in [2.75, 3.05) is 18.4 Å². The minimum Gasteiger partial charge on any atom is -0.374 e. The van der Waals surface area contributed by atoms with E-state index in [1.54, 1.807) is 11.8 Å². The lowest BCUT2D eigenvalue weighted by molar-refractivity contribution is -0.137. The molecule has 2 rings (SSSR count).